The van der Waals surface area contributed by atoms with Gasteiger partial charge in [0.05, 0.1) is 0 Å². The highest BCUT2D eigenvalue weighted by molar-refractivity contribution is 7.18. The molecule has 1 aromatic heterocycles. The third-order valence-electron chi connectivity index (χ3n) is 5.73. The van der Waals surface area contributed by atoms with E-state index >= 15 is 0 Å². The third-order valence-corrected chi connectivity index (χ3v) is 6.85. The van der Waals surface area contributed by atoms with Crippen molar-refractivity contribution in [3.05, 3.63) is 64.7 Å². The first-order valence-electron chi connectivity index (χ1n) is 11.7. The second-order valence-corrected chi connectivity index (χ2v) is 9.69. The number of hydrogen-bond acceptors (Lipinski definition) is 5. The Morgan fingerprint density at radius 1 is 1.12 bits per heavy atom. The lowest BCUT2D eigenvalue weighted by atomic mass is 10.0. The molecule has 0 saturated carbocycles. The van der Waals surface area contributed by atoms with Gasteiger partial charge in [-0.15, -0.1) is 10.2 Å². The van der Waals surface area contributed by atoms with Gasteiger partial charge in [-0.05, 0) is 56.0 Å². The minimum Gasteiger partial charge on any atom is -0.335 e. The lowest BCUT2D eigenvalue weighted by Crippen LogP contribution is -2.40. The molecule has 1 atom stereocenters. The molecular weight excluding hydrogens is 468 g/mol. The van der Waals surface area contributed by atoms with E-state index in [1.165, 1.54) is 16.9 Å². The number of amides is 2. The molecule has 3 rings (SSSR count). The van der Waals surface area contributed by atoms with E-state index < -0.39 is 0 Å². The van der Waals surface area contributed by atoms with Crippen molar-refractivity contribution in [1.29, 1.82) is 0 Å². The van der Waals surface area contributed by atoms with E-state index in [1.807, 2.05) is 50.2 Å². The van der Waals surface area contributed by atoms with Gasteiger partial charge in [0.1, 0.15) is 5.01 Å². The molecule has 6 nitrogen and oxygen atoms in total. The van der Waals surface area contributed by atoms with Crippen molar-refractivity contribution >= 4 is 39.9 Å². The first-order valence-corrected chi connectivity index (χ1v) is 12.9. The summed E-state index contributed by atoms with van der Waals surface area (Å²) in [5, 5.41) is 12.7. The van der Waals surface area contributed by atoms with Gasteiger partial charge in [-0.2, -0.15) is 0 Å². The Balaban J connectivity index is 1.60. The van der Waals surface area contributed by atoms with Gasteiger partial charge in [0, 0.05) is 35.2 Å². The minimum absolute atomic E-state index is 0.0241. The smallest absolute Gasteiger partial charge is 0.254 e. The Morgan fingerprint density at radius 3 is 2.56 bits per heavy atom. The van der Waals surface area contributed by atoms with E-state index in [0.717, 1.165) is 31.2 Å². The Hall–Kier alpha value is -2.77. The van der Waals surface area contributed by atoms with Crippen LogP contribution < -0.4 is 5.32 Å². The number of halogens is 1. The standard InChI is InChI=1S/C26H31ClN4O2S/c1-4-6-8-19-11-13-20(14-12-19)25(33)31(18(3)5-2)16-15-23(32)28-26-30-29-24(34-26)21-9-7-10-22(27)17-21/h7,9-14,17-18H,4-6,8,15-16H2,1-3H3,(H,28,30,32). The van der Waals surface area contributed by atoms with E-state index in [2.05, 4.69) is 22.4 Å². The molecule has 1 N–H and O–H groups in total. The van der Waals surface area contributed by atoms with Crippen molar-refractivity contribution in [2.45, 2.75) is 58.9 Å². The summed E-state index contributed by atoms with van der Waals surface area (Å²) in [5.41, 5.74) is 2.73. The molecule has 2 amide bonds. The molecular formula is C26H31ClN4O2S. The van der Waals surface area contributed by atoms with E-state index in [9.17, 15) is 9.59 Å². The number of benzene rings is 2. The normalized spacial score (nSPS) is 11.8. The highest BCUT2D eigenvalue weighted by Crippen LogP contribution is 2.28. The Labute approximate surface area is 210 Å². The van der Waals surface area contributed by atoms with Crippen molar-refractivity contribution in [2.75, 3.05) is 11.9 Å². The van der Waals surface area contributed by atoms with Crippen LogP contribution in [0.1, 0.15) is 62.4 Å². The molecule has 8 heteroatoms. The number of carbonyl (C=O) groups is 2. The number of aromatic nitrogens is 2. The summed E-state index contributed by atoms with van der Waals surface area (Å²) < 4.78 is 0. The molecule has 1 unspecified atom stereocenters. The summed E-state index contributed by atoms with van der Waals surface area (Å²) in [5.74, 6) is -0.256. The third kappa shape index (κ3) is 7.11. The largest absolute Gasteiger partial charge is 0.335 e. The molecule has 1 heterocycles. The maximum atomic E-state index is 13.2. The van der Waals surface area contributed by atoms with Gasteiger partial charge in [-0.25, -0.2) is 0 Å². The van der Waals surface area contributed by atoms with Gasteiger partial charge < -0.3 is 10.2 Å². The highest BCUT2D eigenvalue weighted by atomic mass is 35.5. The number of nitrogens with zero attached hydrogens (tertiary/aromatic N) is 3. The second-order valence-electron chi connectivity index (χ2n) is 8.28. The van der Waals surface area contributed by atoms with Gasteiger partial charge in [-0.1, -0.05) is 67.5 Å². The maximum absolute atomic E-state index is 13.2. The van der Waals surface area contributed by atoms with Crippen molar-refractivity contribution in [3.8, 4) is 10.6 Å². The average molecular weight is 499 g/mol. The van der Waals surface area contributed by atoms with E-state index in [4.69, 9.17) is 11.6 Å². The van der Waals surface area contributed by atoms with Gasteiger partial charge in [0.15, 0.2) is 0 Å². The summed E-state index contributed by atoms with van der Waals surface area (Å²) >= 11 is 7.33. The van der Waals surface area contributed by atoms with Crippen LogP contribution in [0.15, 0.2) is 48.5 Å². The zero-order chi connectivity index (χ0) is 24.5. The van der Waals surface area contributed by atoms with Gasteiger partial charge in [0.25, 0.3) is 5.91 Å². The SMILES string of the molecule is CCCCc1ccc(C(=O)N(CCC(=O)Nc2nnc(-c3cccc(Cl)c3)s2)C(C)CC)cc1. The minimum atomic E-state index is -0.204. The fraction of sp³-hybridized carbons (Fsp3) is 0.385. The monoisotopic (exact) mass is 498 g/mol. The van der Waals surface area contributed by atoms with E-state index in [-0.39, 0.29) is 24.3 Å². The Morgan fingerprint density at radius 2 is 1.88 bits per heavy atom. The van der Waals surface area contributed by atoms with Crippen LogP contribution in [0.5, 0.6) is 0 Å². The van der Waals surface area contributed by atoms with Gasteiger partial charge >= 0.3 is 0 Å². The Bertz CT molecular complexity index is 1100. The Kier molecular flexibility index (Phi) is 9.60. The fourth-order valence-corrected chi connectivity index (χ4v) is 4.47. The lowest BCUT2D eigenvalue weighted by molar-refractivity contribution is -0.116. The van der Waals surface area contributed by atoms with Crippen LogP contribution in [0.4, 0.5) is 5.13 Å². The predicted molar refractivity (Wildman–Crippen MR) is 139 cm³/mol. The summed E-state index contributed by atoms with van der Waals surface area (Å²) in [6.07, 6.45) is 4.28. The highest BCUT2D eigenvalue weighted by Gasteiger charge is 2.22. The van der Waals surface area contributed by atoms with E-state index in [1.54, 1.807) is 17.0 Å². The molecule has 0 aliphatic carbocycles. The van der Waals surface area contributed by atoms with Crippen LogP contribution in [-0.4, -0.2) is 39.5 Å². The molecule has 34 heavy (non-hydrogen) atoms. The van der Waals surface area contributed by atoms with E-state index in [0.29, 0.717) is 27.3 Å². The van der Waals surface area contributed by atoms with Gasteiger partial charge in [0.2, 0.25) is 11.0 Å². The molecule has 0 saturated heterocycles. The number of hydrogen-bond donors (Lipinski definition) is 1. The quantitative estimate of drug-likeness (QED) is 0.328. The van der Waals surface area contributed by atoms with Crippen molar-refractivity contribution in [3.63, 3.8) is 0 Å². The van der Waals surface area contributed by atoms with Crippen molar-refractivity contribution in [1.82, 2.24) is 15.1 Å². The number of nitrogens with one attached hydrogen (secondary N) is 1. The topological polar surface area (TPSA) is 75.2 Å². The van der Waals surface area contributed by atoms with Crippen LogP contribution in [-0.2, 0) is 11.2 Å². The number of rotatable bonds is 11. The molecule has 2 aromatic carbocycles. The summed E-state index contributed by atoms with van der Waals surface area (Å²) in [6, 6.07) is 15.2. The second kappa shape index (κ2) is 12.6. The first kappa shape index (κ1) is 25.8. The molecule has 180 valence electrons. The molecule has 0 radical (unpaired) electrons. The zero-order valence-corrected chi connectivity index (χ0v) is 21.5. The van der Waals surface area contributed by atoms with Gasteiger partial charge in [-0.3, -0.25) is 9.59 Å². The number of unbranched alkanes of at least 4 members (excludes halogenated alkanes) is 1. The first-order chi connectivity index (χ1) is 16.4. The summed E-state index contributed by atoms with van der Waals surface area (Å²) in [7, 11) is 0. The van der Waals surface area contributed by atoms with Crippen molar-refractivity contribution < 1.29 is 9.59 Å². The number of aryl methyl sites for hydroxylation is 1. The molecule has 0 fully saturated rings. The molecule has 3 aromatic rings. The lowest BCUT2D eigenvalue weighted by Gasteiger charge is -2.28. The van der Waals surface area contributed by atoms with Crippen molar-refractivity contribution in [2.24, 2.45) is 0 Å². The fourth-order valence-electron chi connectivity index (χ4n) is 3.52. The zero-order valence-electron chi connectivity index (χ0n) is 19.9. The summed E-state index contributed by atoms with van der Waals surface area (Å²) in [4.78, 5) is 27.6. The van der Waals surface area contributed by atoms with Crippen LogP contribution in [0.3, 0.4) is 0 Å². The molecule has 0 aliphatic rings. The predicted octanol–water partition coefficient (Wildman–Crippen LogP) is 6.47. The number of carbonyl (C=O) groups excluding carboxylic acids is 2. The summed E-state index contributed by atoms with van der Waals surface area (Å²) in [6.45, 7) is 6.55. The molecule has 0 spiro atoms. The molecule has 0 aliphatic heterocycles. The average Bonchev–Trinajstić information content (AvgIpc) is 3.31. The van der Waals surface area contributed by atoms with Crippen LogP contribution in [0, 0.1) is 0 Å². The van der Waals surface area contributed by atoms with Crippen LogP contribution in [0.25, 0.3) is 10.6 Å². The van der Waals surface area contributed by atoms with Crippen LogP contribution in [0.2, 0.25) is 5.02 Å². The van der Waals surface area contributed by atoms with Crippen LogP contribution >= 0.6 is 22.9 Å². The molecule has 0 bridgehead atoms. The maximum Gasteiger partial charge on any atom is 0.254 e. The number of anilines is 1.